The molecule has 0 spiro atoms. The number of nitrogens with zero attached hydrogens (tertiary/aromatic N) is 4. The summed E-state index contributed by atoms with van der Waals surface area (Å²) in [5.74, 6) is -1.32. The number of hydrogen-bond acceptors (Lipinski definition) is 6. The molecule has 0 aliphatic heterocycles. The number of nitrogens with one attached hydrogen (secondary N) is 2. The van der Waals surface area contributed by atoms with Crippen LogP contribution in [0, 0.1) is 0 Å². The lowest BCUT2D eigenvalue weighted by Gasteiger charge is -2.06. The average molecular weight is 468 g/mol. The van der Waals surface area contributed by atoms with E-state index in [1.54, 1.807) is 28.9 Å². The highest BCUT2D eigenvalue weighted by molar-refractivity contribution is 5.92. The molecule has 10 nitrogen and oxygen atoms in total. The first-order valence-corrected chi connectivity index (χ1v) is 10.9. The first-order valence-electron chi connectivity index (χ1n) is 10.9. The number of rotatable bonds is 6. The molecule has 2 amide bonds. The fraction of sp³-hybridized carbons (Fsp3) is 0.0800. The van der Waals surface area contributed by atoms with Gasteiger partial charge in [-0.2, -0.15) is 0 Å². The Morgan fingerprint density at radius 2 is 1.54 bits per heavy atom. The lowest BCUT2D eigenvalue weighted by Crippen LogP contribution is -2.42. The number of aromatic nitrogens is 4. The minimum Gasteiger partial charge on any atom is -0.408 e. The van der Waals surface area contributed by atoms with Gasteiger partial charge in [0.1, 0.15) is 0 Å². The third kappa shape index (κ3) is 4.58. The van der Waals surface area contributed by atoms with Crippen LogP contribution in [0.15, 0.2) is 94.1 Å². The molecule has 0 fully saturated rings. The second-order valence-electron chi connectivity index (χ2n) is 7.61. The van der Waals surface area contributed by atoms with E-state index in [1.807, 2.05) is 60.7 Å². The van der Waals surface area contributed by atoms with Crippen LogP contribution in [-0.4, -0.2) is 31.1 Å². The van der Waals surface area contributed by atoms with Gasteiger partial charge in [-0.25, -0.2) is 14.5 Å². The van der Waals surface area contributed by atoms with E-state index in [2.05, 4.69) is 20.9 Å². The fourth-order valence-electron chi connectivity index (χ4n) is 3.62. The second-order valence-corrected chi connectivity index (χ2v) is 7.61. The van der Waals surface area contributed by atoms with E-state index in [1.165, 1.54) is 4.57 Å². The molecular weight excluding hydrogens is 448 g/mol. The molecule has 3 aromatic carbocycles. The molecule has 0 aliphatic carbocycles. The largest absolute Gasteiger partial charge is 0.419 e. The molecule has 2 N–H and O–H groups in total. The van der Waals surface area contributed by atoms with E-state index in [4.69, 9.17) is 4.42 Å². The van der Waals surface area contributed by atoms with Crippen molar-refractivity contribution in [2.75, 3.05) is 0 Å². The molecule has 0 radical (unpaired) electrons. The van der Waals surface area contributed by atoms with Gasteiger partial charge in [0.15, 0.2) is 11.4 Å². The maximum atomic E-state index is 12.7. The van der Waals surface area contributed by atoms with Gasteiger partial charge in [-0.1, -0.05) is 60.7 Å². The number of fused-ring (bicyclic) bond motifs is 1. The number of para-hydroxylation sites is 3. The number of oxazole rings is 1. The van der Waals surface area contributed by atoms with Crippen molar-refractivity contribution in [1.29, 1.82) is 0 Å². The van der Waals surface area contributed by atoms with Gasteiger partial charge >= 0.3 is 11.7 Å². The van der Waals surface area contributed by atoms with Crippen molar-refractivity contribution < 1.29 is 14.0 Å². The van der Waals surface area contributed by atoms with Crippen molar-refractivity contribution in [3.63, 3.8) is 0 Å². The summed E-state index contributed by atoms with van der Waals surface area (Å²) in [6, 6.07) is 25.6. The number of amides is 2. The summed E-state index contributed by atoms with van der Waals surface area (Å²) in [5, 5.41) is 4.35. The van der Waals surface area contributed by atoms with Gasteiger partial charge in [-0.3, -0.25) is 25.0 Å². The maximum absolute atomic E-state index is 12.7. The molecule has 5 rings (SSSR count). The van der Waals surface area contributed by atoms with Gasteiger partial charge < -0.3 is 4.42 Å². The van der Waals surface area contributed by atoms with Crippen molar-refractivity contribution >= 4 is 22.9 Å². The minimum atomic E-state index is -0.670. The van der Waals surface area contributed by atoms with Crippen LogP contribution < -0.4 is 16.6 Å². The van der Waals surface area contributed by atoms with Gasteiger partial charge in [0.05, 0.1) is 11.2 Å². The van der Waals surface area contributed by atoms with Crippen molar-refractivity contribution in [2.24, 2.45) is 0 Å². The molecular formula is C25H20N6O4. The Hall–Kier alpha value is -4.99. The Kier molecular flexibility index (Phi) is 5.91. The standard InChI is InChI=1S/C25H20N6O4/c32-21(15-16-30-19-13-7-8-14-20(19)35-25(30)34)27-28-24(33)22-26-23(17-9-3-1-4-10-17)31(29-22)18-11-5-2-6-12-18/h1-14H,15-16H2,(H,27,32)(H,28,33). The van der Waals surface area contributed by atoms with E-state index in [-0.39, 0.29) is 18.8 Å². The van der Waals surface area contributed by atoms with E-state index < -0.39 is 17.6 Å². The number of benzene rings is 3. The van der Waals surface area contributed by atoms with Crippen LogP contribution in [0.4, 0.5) is 0 Å². The summed E-state index contributed by atoms with van der Waals surface area (Å²) >= 11 is 0. The van der Waals surface area contributed by atoms with E-state index in [0.717, 1.165) is 11.3 Å². The third-order valence-corrected chi connectivity index (χ3v) is 5.29. The van der Waals surface area contributed by atoms with Gasteiger partial charge in [0, 0.05) is 18.5 Å². The molecule has 0 saturated carbocycles. The number of carbonyl (C=O) groups is 2. The summed E-state index contributed by atoms with van der Waals surface area (Å²) in [5.41, 5.74) is 7.24. The van der Waals surface area contributed by atoms with Gasteiger partial charge in [0.25, 0.3) is 0 Å². The van der Waals surface area contributed by atoms with Crippen LogP contribution in [0.1, 0.15) is 17.0 Å². The number of carbonyl (C=O) groups excluding carboxylic acids is 2. The molecule has 10 heteroatoms. The SMILES string of the molecule is O=C(CCn1c(=O)oc2ccccc21)NNC(=O)c1nc(-c2ccccc2)n(-c2ccccc2)n1. The summed E-state index contributed by atoms with van der Waals surface area (Å²) in [7, 11) is 0. The smallest absolute Gasteiger partial charge is 0.408 e. The predicted octanol–water partition coefficient (Wildman–Crippen LogP) is 2.69. The van der Waals surface area contributed by atoms with Crippen LogP contribution >= 0.6 is 0 Å². The fourth-order valence-corrected chi connectivity index (χ4v) is 3.62. The molecule has 2 aromatic heterocycles. The second kappa shape index (κ2) is 9.48. The number of hydrazine groups is 1. The molecule has 0 unspecified atom stereocenters. The topological polar surface area (TPSA) is 124 Å². The highest BCUT2D eigenvalue weighted by atomic mass is 16.4. The molecule has 35 heavy (non-hydrogen) atoms. The van der Waals surface area contributed by atoms with E-state index >= 15 is 0 Å². The Morgan fingerprint density at radius 3 is 2.31 bits per heavy atom. The Morgan fingerprint density at radius 1 is 0.857 bits per heavy atom. The van der Waals surface area contributed by atoms with Crippen molar-refractivity contribution in [3.8, 4) is 17.1 Å². The van der Waals surface area contributed by atoms with Gasteiger partial charge in [-0.05, 0) is 24.3 Å². The van der Waals surface area contributed by atoms with Crippen LogP contribution in [0.2, 0.25) is 0 Å². The van der Waals surface area contributed by atoms with Crippen LogP contribution in [0.25, 0.3) is 28.2 Å². The molecule has 2 heterocycles. The Balaban J connectivity index is 1.28. The summed E-state index contributed by atoms with van der Waals surface area (Å²) in [6.45, 7) is 0.0938. The molecule has 0 aliphatic rings. The summed E-state index contributed by atoms with van der Waals surface area (Å²) in [4.78, 5) is 41.5. The predicted molar refractivity (Wildman–Crippen MR) is 127 cm³/mol. The molecule has 0 atom stereocenters. The zero-order chi connectivity index (χ0) is 24.2. The zero-order valence-electron chi connectivity index (χ0n) is 18.4. The Labute approximate surface area is 198 Å². The van der Waals surface area contributed by atoms with E-state index in [9.17, 15) is 14.4 Å². The highest BCUT2D eigenvalue weighted by Crippen LogP contribution is 2.21. The lowest BCUT2D eigenvalue weighted by atomic mass is 10.2. The van der Waals surface area contributed by atoms with Gasteiger partial charge in [-0.15, -0.1) is 5.10 Å². The van der Waals surface area contributed by atoms with Crippen molar-refractivity contribution in [3.05, 3.63) is 101 Å². The molecule has 0 saturated heterocycles. The first kappa shape index (κ1) is 21.8. The van der Waals surface area contributed by atoms with Crippen LogP contribution in [0.3, 0.4) is 0 Å². The van der Waals surface area contributed by atoms with Crippen molar-refractivity contribution in [1.82, 2.24) is 30.2 Å². The third-order valence-electron chi connectivity index (χ3n) is 5.29. The quantitative estimate of drug-likeness (QED) is 0.369. The normalized spacial score (nSPS) is 10.9. The zero-order valence-corrected chi connectivity index (χ0v) is 18.4. The van der Waals surface area contributed by atoms with Crippen molar-refractivity contribution in [2.45, 2.75) is 13.0 Å². The first-order chi connectivity index (χ1) is 17.1. The molecule has 0 bridgehead atoms. The molecule has 5 aromatic rings. The minimum absolute atomic E-state index is 0.0507. The number of hydrogen-bond donors (Lipinski definition) is 2. The van der Waals surface area contributed by atoms with Crippen LogP contribution in [-0.2, 0) is 11.3 Å². The highest BCUT2D eigenvalue weighted by Gasteiger charge is 2.19. The maximum Gasteiger partial charge on any atom is 0.419 e. The summed E-state index contributed by atoms with van der Waals surface area (Å²) in [6.07, 6.45) is -0.0507. The summed E-state index contributed by atoms with van der Waals surface area (Å²) < 4.78 is 8.10. The van der Waals surface area contributed by atoms with E-state index in [0.29, 0.717) is 16.9 Å². The average Bonchev–Trinajstić information content (AvgIpc) is 3.48. The molecule has 174 valence electrons. The lowest BCUT2D eigenvalue weighted by molar-refractivity contribution is -0.122. The Bertz CT molecular complexity index is 1500. The number of aryl methyl sites for hydroxylation is 1. The monoisotopic (exact) mass is 468 g/mol. The van der Waals surface area contributed by atoms with Gasteiger partial charge in [0.2, 0.25) is 11.7 Å². The van der Waals surface area contributed by atoms with Crippen LogP contribution in [0.5, 0.6) is 0 Å².